The summed E-state index contributed by atoms with van der Waals surface area (Å²) in [4.78, 5) is 0. The molecule has 2 aromatic carbocycles. The van der Waals surface area contributed by atoms with Crippen molar-refractivity contribution in [1.82, 2.24) is 15.0 Å². The first-order valence-electron chi connectivity index (χ1n) is 6.85. The van der Waals surface area contributed by atoms with Gasteiger partial charge in [-0.3, -0.25) is 0 Å². The summed E-state index contributed by atoms with van der Waals surface area (Å²) in [6.45, 7) is 7.59. The molecule has 0 fully saturated rings. The second kappa shape index (κ2) is 5.13. The molecule has 1 unspecified atom stereocenters. The zero-order valence-corrected chi connectivity index (χ0v) is 12.0. The third kappa shape index (κ3) is 2.23. The van der Waals surface area contributed by atoms with Crippen molar-refractivity contribution in [2.45, 2.75) is 19.8 Å². The van der Waals surface area contributed by atoms with E-state index in [4.69, 9.17) is 0 Å². The maximum Gasteiger partial charge on any atom is 0.151 e. The van der Waals surface area contributed by atoms with Crippen LogP contribution in [0.5, 0.6) is 0 Å². The Morgan fingerprint density at radius 1 is 1.29 bits per heavy atom. The van der Waals surface area contributed by atoms with Crippen LogP contribution in [-0.4, -0.2) is 15.0 Å². The molecule has 0 amide bonds. The molecule has 3 rings (SSSR count). The molecule has 0 N–H and O–H groups in total. The number of allylic oxidation sites excluding steroid dienone is 1. The van der Waals surface area contributed by atoms with Crippen LogP contribution < -0.4 is 0 Å². The van der Waals surface area contributed by atoms with Gasteiger partial charge < -0.3 is 0 Å². The average molecular weight is 281 g/mol. The lowest BCUT2D eigenvalue weighted by Gasteiger charge is -2.12. The molecule has 3 aromatic rings. The van der Waals surface area contributed by atoms with Gasteiger partial charge in [0.25, 0.3) is 0 Å². The summed E-state index contributed by atoms with van der Waals surface area (Å²) in [6, 6.07) is 11.2. The van der Waals surface area contributed by atoms with Crippen molar-refractivity contribution in [1.29, 1.82) is 0 Å². The van der Waals surface area contributed by atoms with Crippen molar-refractivity contribution in [3.8, 4) is 5.69 Å². The van der Waals surface area contributed by atoms with Gasteiger partial charge >= 0.3 is 0 Å². The van der Waals surface area contributed by atoms with Crippen molar-refractivity contribution in [3.63, 3.8) is 0 Å². The molecule has 3 nitrogen and oxygen atoms in total. The van der Waals surface area contributed by atoms with Crippen molar-refractivity contribution in [2.24, 2.45) is 0 Å². The standard InChI is InChI=1S/C17H16FN3/c1-4-11(2)13-9-12(3)17(18)16(10-13)21-15-8-6-5-7-14(15)19-20-21/h4-11H,1H2,2-3H3. The zero-order chi connectivity index (χ0) is 15.0. The molecular formula is C17H16FN3. The Hall–Kier alpha value is -2.49. The molecule has 0 bridgehead atoms. The average Bonchev–Trinajstić information content (AvgIpc) is 2.93. The van der Waals surface area contributed by atoms with Crippen LogP contribution >= 0.6 is 0 Å². The summed E-state index contributed by atoms with van der Waals surface area (Å²) >= 11 is 0. The molecule has 0 aliphatic carbocycles. The maximum absolute atomic E-state index is 14.5. The molecule has 1 aromatic heterocycles. The zero-order valence-electron chi connectivity index (χ0n) is 12.0. The first-order chi connectivity index (χ1) is 10.1. The molecule has 0 aliphatic rings. The van der Waals surface area contributed by atoms with Crippen molar-refractivity contribution in [3.05, 3.63) is 66.0 Å². The van der Waals surface area contributed by atoms with Crippen LogP contribution in [0.25, 0.3) is 16.7 Å². The molecule has 0 saturated carbocycles. The van der Waals surface area contributed by atoms with Gasteiger partial charge in [-0.1, -0.05) is 36.4 Å². The SMILES string of the molecule is C=CC(C)c1cc(C)c(F)c(-n2nnc3ccccc32)c1. The number of hydrogen-bond acceptors (Lipinski definition) is 2. The third-order valence-corrected chi connectivity index (χ3v) is 3.72. The smallest absolute Gasteiger partial charge is 0.151 e. The topological polar surface area (TPSA) is 30.7 Å². The Morgan fingerprint density at radius 2 is 2.05 bits per heavy atom. The van der Waals surface area contributed by atoms with E-state index in [1.807, 2.05) is 49.4 Å². The minimum Gasteiger partial charge on any atom is -0.210 e. The molecular weight excluding hydrogens is 265 g/mol. The lowest BCUT2D eigenvalue weighted by atomic mass is 9.98. The van der Waals surface area contributed by atoms with Crippen molar-refractivity contribution >= 4 is 11.0 Å². The van der Waals surface area contributed by atoms with Gasteiger partial charge in [0.15, 0.2) is 5.82 Å². The predicted octanol–water partition coefficient (Wildman–Crippen LogP) is 4.16. The Balaban J connectivity index is 2.26. The molecule has 21 heavy (non-hydrogen) atoms. The molecule has 1 heterocycles. The summed E-state index contributed by atoms with van der Waals surface area (Å²) in [5.41, 5.74) is 3.57. The fraction of sp³-hybridized carbons (Fsp3) is 0.176. The molecule has 1 atom stereocenters. The summed E-state index contributed by atoms with van der Waals surface area (Å²) in [6.07, 6.45) is 1.84. The fourth-order valence-corrected chi connectivity index (χ4v) is 2.38. The lowest BCUT2D eigenvalue weighted by Crippen LogP contribution is -2.04. The Labute approximate surface area is 122 Å². The van der Waals surface area contributed by atoms with Crippen LogP contribution in [0, 0.1) is 12.7 Å². The van der Waals surface area contributed by atoms with Crippen LogP contribution in [0.15, 0.2) is 49.1 Å². The normalized spacial score (nSPS) is 12.5. The quantitative estimate of drug-likeness (QED) is 0.675. The number of aryl methyl sites for hydroxylation is 1. The number of fused-ring (bicyclic) bond motifs is 1. The number of nitrogens with zero attached hydrogens (tertiary/aromatic N) is 3. The number of hydrogen-bond donors (Lipinski definition) is 0. The van der Waals surface area contributed by atoms with E-state index in [0.29, 0.717) is 11.3 Å². The molecule has 0 radical (unpaired) electrons. The maximum atomic E-state index is 14.5. The number of halogens is 1. The Kier molecular flexibility index (Phi) is 3.29. The van der Waals surface area contributed by atoms with E-state index in [0.717, 1.165) is 16.6 Å². The van der Waals surface area contributed by atoms with E-state index < -0.39 is 0 Å². The molecule has 0 spiro atoms. The minimum absolute atomic E-state index is 0.151. The van der Waals surface area contributed by atoms with Gasteiger partial charge in [0.1, 0.15) is 11.2 Å². The van der Waals surface area contributed by atoms with Gasteiger partial charge in [0, 0.05) is 0 Å². The van der Waals surface area contributed by atoms with Crippen LogP contribution in [0.4, 0.5) is 4.39 Å². The second-order valence-electron chi connectivity index (χ2n) is 5.19. The van der Waals surface area contributed by atoms with Crippen molar-refractivity contribution < 1.29 is 4.39 Å². The highest BCUT2D eigenvalue weighted by Gasteiger charge is 2.15. The van der Waals surface area contributed by atoms with E-state index in [-0.39, 0.29) is 11.7 Å². The highest BCUT2D eigenvalue weighted by atomic mass is 19.1. The first kappa shape index (κ1) is 13.5. The highest BCUT2D eigenvalue weighted by molar-refractivity contribution is 5.76. The van der Waals surface area contributed by atoms with Gasteiger partial charge in [-0.25, -0.2) is 9.07 Å². The molecule has 0 aliphatic heterocycles. The van der Waals surface area contributed by atoms with Crippen LogP contribution in [0.3, 0.4) is 0 Å². The van der Waals surface area contributed by atoms with E-state index in [2.05, 4.69) is 16.9 Å². The largest absolute Gasteiger partial charge is 0.210 e. The van der Waals surface area contributed by atoms with Crippen molar-refractivity contribution in [2.75, 3.05) is 0 Å². The first-order valence-corrected chi connectivity index (χ1v) is 6.85. The number of para-hydroxylation sites is 1. The Morgan fingerprint density at radius 3 is 2.81 bits per heavy atom. The summed E-state index contributed by atoms with van der Waals surface area (Å²) in [7, 11) is 0. The van der Waals surface area contributed by atoms with E-state index in [1.165, 1.54) is 0 Å². The van der Waals surface area contributed by atoms with Gasteiger partial charge in [-0.15, -0.1) is 11.7 Å². The molecule has 4 heteroatoms. The number of benzene rings is 2. The van der Waals surface area contributed by atoms with E-state index in [1.54, 1.807) is 11.6 Å². The summed E-state index contributed by atoms with van der Waals surface area (Å²) < 4.78 is 16.1. The van der Waals surface area contributed by atoms with Gasteiger partial charge in [0.05, 0.1) is 5.52 Å². The number of rotatable bonds is 3. The van der Waals surface area contributed by atoms with Crippen LogP contribution in [0.1, 0.15) is 24.0 Å². The Bertz CT molecular complexity index is 820. The van der Waals surface area contributed by atoms with Gasteiger partial charge in [-0.2, -0.15) is 0 Å². The van der Waals surface area contributed by atoms with Gasteiger partial charge in [-0.05, 0) is 42.2 Å². The predicted molar refractivity (Wildman–Crippen MR) is 82.2 cm³/mol. The van der Waals surface area contributed by atoms with E-state index in [9.17, 15) is 4.39 Å². The fourth-order valence-electron chi connectivity index (χ4n) is 2.38. The summed E-state index contributed by atoms with van der Waals surface area (Å²) in [5, 5.41) is 8.18. The molecule has 0 saturated heterocycles. The molecule has 106 valence electrons. The summed E-state index contributed by atoms with van der Waals surface area (Å²) in [5.74, 6) is -0.122. The third-order valence-electron chi connectivity index (χ3n) is 3.72. The number of aromatic nitrogens is 3. The van der Waals surface area contributed by atoms with E-state index >= 15 is 0 Å². The monoisotopic (exact) mass is 281 g/mol. The van der Waals surface area contributed by atoms with Crippen LogP contribution in [0.2, 0.25) is 0 Å². The second-order valence-corrected chi connectivity index (χ2v) is 5.19. The lowest BCUT2D eigenvalue weighted by molar-refractivity contribution is 0.599. The minimum atomic E-state index is -0.273. The highest BCUT2D eigenvalue weighted by Crippen LogP contribution is 2.26. The van der Waals surface area contributed by atoms with Gasteiger partial charge in [0.2, 0.25) is 0 Å². The van der Waals surface area contributed by atoms with Crippen LogP contribution in [-0.2, 0) is 0 Å².